The van der Waals surface area contributed by atoms with Crippen molar-refractivity contribution < 1.29 is 0 Å². The monoisotopic (exact) mass is 1940 g/mol. The number of fused-ring (bicyclic) bond motifs is 4. The second kappa shape index (κ2) is 37.4. The minimum absolute atomic E-state index is 0.105. The van der Waals surface area contributed by atoms with Crippen LogP contribution in [-0.2, 0) is 43.3 Å². The average molecular weight is 1940 g/mol. The van der Waals surface area contributed by atoms with Gasteiger partial charge in [-0.3, -0.25) is 0 Å². The normalized spacial score (nSPS) is 12.7. The molecule has 29 aromatic carbocycles. The van der Waals surface area contributed by atoms with Crippen LogP contribution in [0.4, 0.5) is 0 Å². The second-order valence-electron chi connectivity index (χ2n) is 50.7. The molecule has 0 unspecified atom stereocenters. The van der Waals surface area contributed by atoms with E-state index < -0.39 is 0 Å². The Labute approximate surface area is 886 Å². The van der Waals surface area contributed by atoms with Gasteiger partial charge in [0.2, 0.25) is 0 Å². The lowest BCUT2D eigenvalue weighted by molar-refractivity contribution is 0.590. The van der Waals surface area contributed by atoms with Gasteiger partial charge in [0.25, 0.3) is 0 Å². The van der Waals surface area contributed by atoms with Gasteiger partial charge in [0.1, 0.15) is 0 Å². The van der Waals surface area contributed by atoms with E-state index in [9.17, 15) is 0 Å². The first-order chi connectivity index (χ1) is 71.5. The highest BCUT2D eigenvalue weighted by Crippen LogP contribution is 2.53. The van der Waals surface area contributed by atoms with Crippen LogP contribution in [0.2, 0.25) is 0 Å². The zero-order chi connectivity index (χ0) is 105. The highest BCUT2D eigenvalue weighted by Gasteiger charge is 2.30. The van der Waals surface area contributed by atoms with Gasteiger partial charge in [-0.05, 0) is 326 Å². The van der Waals surface area contributed by atoms with Crippen molar-refractivity contribution in [2.45, 2.75) is 209 Å². The maximum absolute atomic E-state index is 2.44. The van der Waals surface area contributed by atoms with E-state index >= 15 is 0 Å². The van der Waals surface area contributed by atoms with Crippen molar-refractivity contribution in [2.24, 2.45) is 0 Å². The summed E-state index contributed by atoms with van der Waals surface area (Å²) >= 11 is 0. The fourth-order valence-electron chi connectivity index (χ4n) is 24.3. The molecule has 0 spiro atoms. The van der Waals surface area contributed by atoms with E-state index in [0.717, 1.165) is 0 Å². The molecular weight excluding hydrogens is 1800 g/mol. The Kier molecular flexibility index (Phi) is 24.8. The predicted octanol–water partition coefficient (Wildman–Crippen LogP) is 44.2. The van der Waals surface area contributed by atoms with Gasteiger partial charge in [0.15, 0.2) is 0 Å². The lowest BCUT2D eigenvalue weighted by Gasteiger charge is -2.26. The van der Waals surface area contributed by atoms with E-state index in [1.54, 1.807) is 0 Å². The first-order valence-corrected chi connectivity index (χ1v) is 54.2. The molecule has 0 heteroatoms. The zero-order valence-corrected chi connectivity index (χ0v) is 92.3. The molecule has 0 nitrogen and oxygen atoms in total. The molecule has 0 heterocycles. The Morgan fingerprint density at radius 2 is 0.320 bits per heavy atom. The molecule has 150 heavy (non-hydrogen) atoms. The van der Waals surface area contributed by atoms with Crippen LogP contribution in [0.1, 0.15) is 211 Å². The van der Waals surface area contributed by atoms with Crippen LogP contribution in [-0.4, -0.2) is 0 Å². The van der Waals surface area contributed by atoms with E-state index in [2.05, 4.69) is 579 Å². The van der Waals surface area contributed by atoms with E-state index in [-0.39, 0.29) is 37.9 Å². The number of hydrogen-bond donors (Lipinski definition) is 0. The van der Waals surface area contributed by atoms with Crippen molar-refractivity contribution in [1.29, 1.82) is 0 Å². The fraction of sp³-hybridized carbons (Fsp3) is 0.213. The Hall–Kier alpha value is -15.3. The van der Waals surface area contributed by atoms with E-state index in [0.29, 0.717) is 5.41 Å². The zero-order valence-electron chi connectivity index (χ0n) is 92.3. The number of benzene rings is 29. The van der Waals surface area contributed by atoms with Crippen LogP contribution in [0, 0.1) is 0 Å². The minimum atomic E-state index is 0.105. The largest absolute Gasteiger partial charge is 0.0622 e. The minimum Gasteiger partial charge on any atom is -0.0622 e. The van der Waals surface area contributed by atoms with Crippen molar-refractivity contribution >= 4 is 226 Å². The van der Waals surface area contributed by atoms with Crippen LogP contribution in [0.15, 0.2) is 413 Å². The maximum Gasteiger partial charge on any atom is -0.00109 e. The topological polar surface area (TPSA) is 0 Å². The first-order valence-electron chi connectivity index (χ1n) is 54.2. The van der Waals surface area contributed by atoms with Crippen molar-refractivity contribution in [3.8, 4) is 0 Å². The highest BCUT2D eigenvalue weighted by molar-refractivity contribution is 6.45. The quantitative estimate of drug-likeness (QED) is 0.105. The molecule has 0 atom stereocenters. The first kappa shape index (κ1) is 99.3. The van der Waals surface area contributed by atoms with Crippen molar-refractivity contribution in [3.05, 3.63) is 457 Å². The van der Waals surface area contributed by atoms with Crippen LogP contribution in [0.5, 0.6) is 0 Å². The fourth-order valence-corrected chi connectivity index (χ4v) is 24.3. The Morgan fingerprint density at radius 1 is 0.0933 bits per heavy atom. The van der Waals surface area contributed by atoms with Gasteiger partial charge in [-0.15, -0.1) is 0 Å². The van der Waals surface area contributed by atoms with Crippen LogP contribution < -0.4 is 0 Å². The SMILES string of the molecule is CC(C)(C)c1cc2ccc3ccc4ccc5ccc6ccc1c1c6c5c4c3c21.CC(C)(C)c1cc2ccc3cccc4ccc(c1)c2c34.CC(C)(C)c1cc2cccc3ccc4cccc1c4c32.CC(C)(C)c1ccc2c3cccc4cccc(c5cccc1c52)c43.CC(C)(C)c1ccc2ccc3cccc4ccc1c2c34.CC(C)(C)c1ccc2ccccc2c1.CC(C)(C)c1cccc2ccccc12.CC(C)(C)c1ccccc1. The molecule has 0 radical (unpaired) electrons. The summed E-state index contributed by atoms with van der Waals surface area (Å²) < 4.78 is 0. The van der Waals surface area contributed by atoms with Crippen LogP contribution in [0.25, 0.3) is 226 Å². The number of rotatable bonds is 0. The molecule has 29 aromatic rings. The summed E-state index contributed by atoms with van der Waals surface area (Å²) in [6.07, 6.45) is 0. The molecule has 0 aliphatic carbocycles. The van der Waals surface area contributed by atoms with Gasteiger partial charge >= 0.3 is 0 Å². The van der Waals surface area contributed by atoms with E-state index in [4.69, 9.17) is 0 Å². The third kappa shape index (κ3) is 18.2. The molecule has 0 saturated heterocycles. The lowest BCUT2D eigenvalue weighted by Crippen LogP contribution is -2.12. The Morgan fingerprint density at radius 3 is 0.767 bits per heavy atom. The third-order valence-electron chi connectivity index (χ3n) is 32.0. The molecule has 0 bridgehead atoms. The molecule has 740 valence electrons. The summed E-state index contributed by atoms with van der Waals surface area (Å²) in [5, 5.41) is 58.0. The standard InChI is InChI=1S/C28H20.C24H20.3C20H18.2C14H16.C10H14/c1-28(2,3)21-14-19-11-10-17-7-5-15-4-6-16-8-9-18-12-13-20(21)27-25(18)23(16)22(15)24(17)26(19)27;1-24(2,3)21-14-13-19-17-10-5-8-15-7-4-9-16(22(15)17)18-11-6-12-20(21)23(18)19;1-20(2,3)17-12-15-8-4-6-13-10-11-14-7-5-9-16(17)19(14)18(13)15;1-20(2,3)17-11-15-9-7-13-5-4-6-14-8-10-16(12-17)19(15)18(13)14;1-20(2,3)17-12-10-15-8-7-13-5-4-6-14-9-11-16(17)19(15)18(13)14;1-14(2,3)13-10-6-8-11-7-4-5-9-12(11)13;1-14(2,3)13-9-8-11-6-4-5-7-12(11)10-13;1-10(2,3)9-7-5-4-6-8-9/h4-14H,1-3H3;4-14H,1-3H3;3*4-12H,1-3H3;2*4-10H,1-3H3;4-8H,1-3H3. The average Bonchev–Trinajstić information content (AvgIpc) is 0.679. The van der Waals surface area contributed by atoms with Crippen molar-refractivity contribution in [1.82, 2.24) is 0 Å². The molecule has 0 fully saturated rings. The van der Waals surface area contributed by atoms with Crippen molar-refractivity contribution in [3.63, 3.8) is 0 Å². The summed E-state index contributed by atoms with van der Waals surface area (Å²) in [5.41, 5.74) is 12.9. The third-order valence-corrected chi connectivity index (χ3v) is 32.0. The summed E-state index contributed by atoms with van der Waals surface area (Å²) in [6, 6.07) is 152. The summed E-state index contributed by atoms with van der Waals surface area (Å²) in [7, 11) is 0. The molecular formula is C150H140. The van der Waals surface area contributed by atoms with Crippen LogP contribution >= 0.6 is 0 Å². The van der Waals surface area contributed by atoms with E-state index in [1.165, 1.54) is 271 Å². The summed E-state index contributed by atoms with van der Waals surface area (Å²) in [4.78, 5) is 0. The highest BCUT2D eigenvalue weighted by atomic mass is 14.3. The molecule has 29 rings (SSSR count). The predicted molar refractivity (Wildman–Crippen MR) is 667 cm³/mol. The van der Waals surface area contributed by atoms with Crippen LogP contribution in [0.3, 0.4) is 0 Å². The molecule has 0 saturated carbocycles. The van der Waals surface area contributed by atoms with Gasteiger partial charge in [0, 0.05) is 0 Å². The smallest absolute Gasteiger partial charge is 0.00109 e. The molecule has 0 N–H and O–H groups in total. The van der Waals surface area contributed by atoms with Gasteiger partial charge in [-0.1, -0.05) is 567 Å². The molecule has 0 aliphatic rings. The van der Waals surface area contributed by atoms with Gasteiger partial charge < -0.3 is 0 Å². The molecule has 0 aromatic heterocycles. The maximum atomic E-state index is 2.44. The lowest BCUT2D eigenvalue weighted by atomic mass is 9.77. The van der Waals surface area contributed by atoms with Gasteiger partial charge in [-0.2, -0.15) is 0 Å². The second-order valence-corrected chi connectivity index (χ2v) is 50.7. The summed E-state index contributed by atoms with van der Waals surface area (Å²) in [6.45, 7) is 54.7. The van der Waals surface area contributed by atoms with E-state index in [1.807, 2.05) is 0 Å². The van der Waals surface area contributed by atoms with Crippen molar-refractivity contribution in [2.75, 3.05) is 0 Å². The number of hydrogen-bond acceptors (Lipinski definition) is 0. The van der Waals surface area contributed by atoms with Gasteiger partial charge in [0.05, 0.1) is 0 Å². The Bertz CT molecular complexity index is 9800. The molecule has 0 aliphatic heterocycles. The molecule has 0 amide bonds. The van der Waals surface area contributed by atoms with Gasteiger partial charge in [-0.25, -0.2) is 0 Å². The Balaban J connectivity index is 0.0000000984. The summed E-state index contributed by atoms with van der Waals surface area (Å²) in [5.74, 6) is 0.